The van der Waals surface area contributed by atoms with Gasteiger partial charge in [-0.05, 0) is 18.4 Å². The lowest BCUT2D eigenvalue weighted by molar-refractivity contribution is -0.141. The number of hydrogen-bond donors (Lipinski definition) is 2. The number of aromatic nitrogens is 3. The molecule has 0 unspecified atom stereocenters. The Kier molecular flexibility index (Phi) is 6.32. The molecule has 0 aliphatic heterocycles. The summed E-state index contributed by atoms with van der Waals surface area (Å²) < 4.78 is 6.92. The number of carbonyl (C=O) groups excluding carboxylic acids is 1. The van der Waals surface area contributed by atoms with Gasteiger partial charge in [0.1, 0.15) is 12.2 Å². The first-order valence-corrected chi connectivity index (χ1v) is 8.48. The predicted octanol–water partition coefficient (Wildman–Crippen LogP) is 2.32. The van der Waals surface area contributed by atoms with E-state index >= 15 is 0 Å². The fraction of sp³-hybridized carbons (Fsp3) is 0.444. The predicted molar refractivity (Wildman–Crippen MR) is 103 cm³/mol. The maximum absolute atomic E-state index is 11.3. The van der Waals surface area contributed by atoms with Gasteiger partial charge in [0.25, 0.3) is 0 Å². The van der Waals surface area contributed by atoms with Crippen molar-refractivity contribution in [3.63, 3.8) is 0 Å². The fourth-order valence-corrected chi connectivity index (χ4v) is 2.34. The van der Waals surface area contributed by atoms with Crippen molar-refractivity contribution in [2.75, 3.05) is 18.5 Å². The van der Waals surface area contributed by atoms with E-state index in [1.54, 1.807) is 13.1 Å². The van der Waals surface area contributed by atoms with Crippen molar-refractivity contribution in [3.8, 4) is 0 Å². The Morgan fingerprint density at radius 3 is 2.88 bits per heavy atom. The van der Waals surface area contributed by atoms with Crippen molar-refractivity contribution in [2.45, 2.75) is 34.2 Å². The van der Waals surface area contributed by atoms with Crippen LogP contribution in [0.25, 0.3) is 11.0 Å². The van der Waals surface area contributed by atoms with Gasteiger partial charge in [0.15, 0.2) is 0 Å². The maximum atomic E-state index is 11.3. The summed E-state index contributed by atoms with van der Waals surface area (Å²) >= 11 is 0. The Morgan fingerprint density at radius 2 is 2.23 bits per heavy atom. The number of carbonyl (C=O) groups is 1. The second-order valence-corrected chi connectivity index (χ2v) is 7.00. The molecule has 0 spiro atoms. The lowest BCUT2D eigenvalue weighted by Crippen LogP contribution is -2.15. The molecule has 0 atom stereocenters. The van der Waals surface area contributed by atoms with E-state index in [-0.39, 0.29) is 12.0 Å². The number of allylic oxidation sites excluding steroid dienone is 1. The molecule has 2 heterocycles. The molecule has 0 aromatic carbocycles. The molecule has 2 aromatic heterocycles. The zero-order valence-electron chi connectivity index (χ0n) is 15.7. The zero-order valence-corrected chi connectivity index (χ0v) is 15.7. The lowest BCUT2D eigenvalue weighted by Gasteiger charge is -2.19. The maximum Gasteiger partial charge on any atom is 0.327 e. The van der Waals surface area contributed by atoms with E-state index < -0.39 is 5.97 Å². The van der Waals surface area contributed by atoms with Crippen LogP contribution in [-0.2, 0) is 16.1 Å². The normalized spacial score (nSPS) is 12.7. The number of fused-ring (bicyclic) bond motifs is 1. The van der Waals surface area contributed by atoms with Gasteiger partial charge in [-0.2, -0.15) is 4.98 Å². The molecule has 0 saturated carbocycles. The van der Waals surface area contributed by atoms with Crippen molar-refractivity contribution >= 4 is 29.2 Å². The number of hydrogen-bond acceptors (Lipinski definition) is 7. The third kappa shape index (κ3) is 5.58. The van der Waals surface area contributed by atoms with Crippen LogP contribution in [0.3, 0.4) is 0 Å². The number of ether oxygens (including phenoxy) is 1. The van der Waals surface area contributed by atoms with E-state index in [1.807, 2.05) is 12.3 Å². The Morgan fingerprint density at radius 1 is 1.46 bits per heavy atom. The third-order valence-electron chi connectivity index (χ3n) is 3.34. The summed E-state index contributed by atoms with van der Waals surface area (Å²) in [5.41, 5.74) is 7.07. The molecule has 0 bridgehead atoms. The Bertz CT molecular complexity index is 817. The van der Waals surface area contributed by atoms with E-state index in [1.165, 1.54) is 12.4 Å². The van der Waals surface area contributed by atoms with Gasteiger partial charge < -0.3 is 20.4 Å². The lowest BCUT2D eigenvalue weighted by atomic mass is 9.97. The number of rotatable bonds is 7. The first kappa shape index (κ1) is 19.4. The van der Waals surface area contributed by atoms with E-state index in [2.05, 4.69) is 45.6 Å². The second kappa shape index (κ2) is 8.46. The third-order valence-corrected chi connectivity index (χ3v) is 3.34. The Labute approximate surface area is 153 Å². The molecular weight excluding hydrogens is 332 g/mol. The number of nitrogens with zero attached hydrogens (tertiary/aromatic N) is 4. The van der Waals surface area contributed by atoms with Gasteiger partial charge in [0.2, 0.25) is 5.95 Å². The highest BCUT2D eigenvalue weighted by molar-refractivity contribution is 5.85. The fourth-order valence-electron chi connectivity index (χ4n) is 2.34. The van der Waals surface area contributed by atoms with E-state index in [4.69, 9.17) is 10.5 Å². The van der Waals surface area contributed by atoms with Crippen LogP contribution >= 0.6 is 0 Å². The first-order valence-electron chi connectivity index (χ1n) is 8.48. The molecule has 0 radical (unpaired) electrons. The minimum atomic E-state index is -0.391. The highest BCUT2D eigenvalue weighted by atomic mass is 16.5. The quantitative estimate of drug-likeness (QED) is 0.581. The Balaban J connectivity index is 2.12. The van der Waals surface area contributed by atoms with Gasteiger partial charge in [0, 0.05) is 36.7 Å². The summed E-state index contributed by atoms with van der Waals surface area (Å²) in [6, 6.07) is 1.99. The number of nitrogens with one attached hydrogen (secondary N) is 1. The van der Waals surface area contributed by atoms with Crippen LogP contribution in [0.1, 0.15) is 27.7 Å². The van der Waals surface area contributed by atoms with Crippen molar-refractivity contribution in [1.82, 2.24) is 14.5 Å². The van der Waals surface area contributed by atoms with Crippen molar-refractivity contribution < 1.29 is 9.53 Å². The van der Waals surface area contributed by atoms with Gasteiger partial charge in [0.05, 0.1) is 12.3 Å². The van der Waals surface area contributed by atoms with E-state index in [0.717, 1.165) is 17.6 Å². The molecule has 8 heteroatoms. The molecule has 3 N–H and O–H groups in total. The van der Waals surface area contributed by atoms with Crippen molar-refractivity contribution in [3.05, 3.63) is 30.4 Å². The molecule has 140 valence electrons. The number of nitrogens with two attached hydrogens (primary N) is 1. The minimum Gasteiger partial charge on any atom is -0.465 e. The van der Waals surface area contributed by atoms with Crippen LogP contribution in [0.5, 0.6) is 0 Å². The molecule has 0 amide bonds. The van der Waals surface area contributed by atoms with Gasteiger partial charge >= 0.3 is 5.97 Å². The van der Waals surface area contributed by atoms with Crippen molar-refractivity contribution in [2.24, 2.45) is 16.1 Å². The number of anilines is 1. The van der Waals surface area contributed by atoms with Crippen LogP contribution in [0.4, 0.5) is 5.95 Å². The molecule has 0 saturated heterocycles. The van der Waals surface area contributed by atoms with Crippen LogP contribution in [0, 0.1) is 5.41 Å². The number of aliphatic imine (C=N–C) groups is 1. The largest absolute Gasteiger partial charge is 0.465 e. The zero-order chi connectivity index (χ0) is 19.2. The second-order valence-electron chi connectivity index (χ2n) is 7.00. The van der Waals surface area contributed by atoms with Gasteiger partial charge in [-0.15, -0.1) is 0 Å². The van der Waals surface area contributed by atoms with Gasteiger partial charge in [-0.1, -0.05) is 20.8 Å². The van der Waals surface area contributed by atoms with Gasteiger partial charge in [-0.3, -0.25) is 9.79 Å². The molecule has 0 fully saturated rings. The monoisotopic (exact) mass is 358 g/mol. The first-order chi connectivity index (χ1) is 12.3. The molecule has 0 aliphatic carbocycles. The average molecular weight is 358 g/mol. The average Bonchev–Trinajstić information content (AvgIpc) is 2.94. The molecule has 8 nitrogen and oxygen atoms in total. The standard InChI is InChI=1S/C18H26N6O2/c1-5-26-15(25)11-20-10-14(8-19)22-17-21-9-13-6-7-24(16(13)23-17)12-18(2,3)4/h6-10H,5,11-12,19H2,1-4H3,(H,21,22,23)/b14-8+,20-10?. The molecule has 2 aromatic rings. The van der Waals surface area contributed by atoms with Crippen LogP contribution in [0.15, 0.2) is 35.3 Å². The molecule has 0 aliphatic rings. The van der Waals surface area contributed by atoms with Crippen LogP contribution in [-0.4, -0.2) is 39.9 Å². The Hall–Kier alpha value is -2.90. The van der Waals surface area contributed by atoms with E-state index in [9.17, 15) is 4.79 Å². The summed E-state index contributed by atoms with van der Waals surface area (Å²) in [7, 11) is 0. The SMILES string of the molecule is CCOC(=O)CN=C/C(=C\N)Nc1ncc2ccn(CC(C)(C)C)c2n1. The van der Waals surface area contributed by atoms with E-state index in [0.29, 0.717) is 18.3 Å². The number of esters is 1. The topological polar surface area (TPSA) is 107 Å². The highest BCUT2D eigenvalue weighted by Gasteiger charge is 2.14. The smallest absolute Gasteiger partial charge is 0.327 e. The molecular formula is C18H26N6O2. The highest BCUT2D eigenvalue weighted by Crippen LogP contribution is 2.21. The summed E-state index contributed by atoms with van der Waals surface area (Å²) in [4.78, 5) is 24.2. The summed E-state index contributed by atoms with van der Waals surface area (Å²) in [5.74, 6) is 0.0171. The summed E-state index contributed by atoms with van der Waals surface area (Å²) in [5, 5.41) is 3.97. The van der Waals surface area contributed by atoms with Gasteiger partial charge in [-0.25, -0.2) is 4.98 Å². The molecule has 2 rings (SSSR count). The minimum absolute atomic E-state index is 0.0683. The summed E-state index contributed by atoms with van der Waals surface area (Å²) in [6.07, 6.45) is 6.57. The van der Waals surface area contributed by atoms with Crippen molar-refractivity contribution in [1.29, 1.82) is 0 Å². The summed E-state index contributed by atoms with van der Waals surface area (Å²) in [6.45, 7) is 9.37. The molecule has 26 heavy (non-hydrogen) atoms. The van der Waals surface area contributed by atoms with Crippen LogP contribution in [0.2, 0.25) is 0 Å². The van der Waals surface area contributed by atoms with Crippen LogP contribution < -0.4 is 11.1 Å².